The van der Waals surface area contributed by atoms with Crippen molar-refractivity contribution >= 4 is 10.4 Å². The molecule has 1 rings (SSSR count). The summed E-state index contributed by atoms with van der Waals surface area (Å²) < 4.78 is 30.6. The van der Waals surface area contributed by atoms with Crippen molar-refractivity contribution in [1.82, 2.24) is 10.6 Å². The van der Waals surface area contributed by atoms with Crippen molar-refractivity contribution in [3.63, 3.8) is 0 Å². The van der Waals surface area contributed by atoms with Crippen LogP contribution >= 0.6 is 0 Å². The Hall–Kier alpha value is -0.290. The molecule has 1 heterocycles. The topological polar surface area (TPSA) is 128 Å². The molecule has 0 aliphatic carbocycles. The molecule has 0 atom stereocenters. The molecule has 0 spiro atoms. The Balaban J connectivity index is 0.000000280. The highest BCUT2D eigenvalue weighted by atomic mass is 32.3. The molecule has 15 heavy (non-hydrogen) atoms. The first-order chi connectivity index (χ1) is 6.92. The average Bonchev–Trinajstić information content (AvgIpc) is 2.18. The van der Waals surface area contributed by atoms with Gasteiger partial charge >= 0.3 is 10.4 Å². The van der Waals surface area contributed by atoms with E-state index in [1.165, 1.54) is 0 Å². The summed E-state index contributed by atoms with van der Waals surface area (Å²) in [6, 6.07) is 0. The van der Waals surface area contributed by atoms with E-state index in [1.54, 1.807) is 0 Å². The lowest BCUT2D eigenvalue weighted by Crippen LogP contribution is -2.39. The van der Waals surface area contributed by atoms with Crippen molar-refractivity contribution in [2.24, 2.45) is 0 Å². The van der Waals surface area contributed by atoms with E-state index >= 15 is 0 Å². The minimum atomic E-state index is -4.54. The molecule has 5 N–H and O–H groups in total. The van der Waals surface area contributed by atoms with Gasteiger partial charge in [0.2, 0.25) is 0 Å². The normalized spacial score (nSPS) is 17.1. The fourth-order valence-electron chi connectivity index (χ4n) is 0.750. The Morgan fingerprint density at radius 2 is 1.53 bits per heavy atom. The standard InChI is InChI=1S/C4H10N2.C2H6O6S/c1-2-6-4-3-5-1;3-2(4)1-8-9(5,6)7/h5-6H,1-4H2;2-4H,1H2,(H,5,6,7). The highest BCUT2D eigenvalue weighted by Gasteiger charge is 2.06. The Labute approximate surface area is 88.2 Å². The van der Waals surface area contributed by atoms with Crippen LogP contribution in [0, 0.1) is 0 Å². The largest absolute Gasteiger partial charge is 0.397 e. The maximum absolute atomic E-state index is 9.65. The number of hydrogen-bond donors (Lipinski definition) is 5. The number of aliphatic hydroxyl groups excluding tert-OH is 1. The summed E-state index contributed by atoms with van der Waals surface area (Å²) in [5.74, 6) is 0. The SMILES string of the molecule is C1CNCCN1.O=S(=O)(O)OCC(O)O. The maximum Gasteiger partial charge on any atom is 0.397 e. The van der Waals surface area contributed by atoms with Crippen molar-refractivity contribution in [3.8, 4) is 0 Å². The van der Waals surface area contributed by atoms with Crippen LogP contribution in [0.25, 0.3) is 0 Å². The molecule has 0 aromatic heterocycles. The van der Waals surface area contributed by atoms with Crippen LogP contribution in [0.5, 0.6) is 0 Å². The molecule has 1 fully saturated rings. The summed E-state index contributed by atoms with van der Waals surface area (Å²) in [6.45, 7) is 3.69. The van der Waals surface area contributed by atoms with Gasteiger partial charge in [-0.2, -0.15) is 8.42 Å². The molecule has 1 saturated heterocycles. The molecule has 0 amide bonds. The number of aliphatic hydroxyl groups is 2. The van der Waals surface area contributed by atoms with Gasteiger partial charge in [-0.15, -0.1) is 0 Å². The van der Waals surface area contributed by atoms with E-state index in [4.69, 9.17) is 14.8 Å². The second-order valence-electron chi connectivity index (χ2n) is 2.69. The molecular weight excluding hydrogens is 228 g/mol. The van der Waals surface area contributed by atoms with Gasteiger partial charge in [0.05, 0.1) is 0 Å². The summed E-state index contributed by atoms with van der Waals surface area (Å²) in [5, 5.41) is 22.4. The van der Waals surface area contributed by atoms with Crippen molar-refractivity contribution in [2.45, 2.75) is 6.29 Å². The van der Waals surface area contributed by atoms with E-state index in [1.807, 2.05) is 0 Å². The number of piperazine rings is 1. The molecular formula is C6H16N2O6S. The van der Waals surface area contributed by atoms with E-state index < -0.39 is 23.3 Å². The predicted octanol–water partition coefficient (Wildman–Crippen LogP) is -2.70. The monoisotopic (exact) mass is 244 g/mol. The van der Waals surface area contributed by atoms with Crippen molar-refractivity contribution < 1.29 is 27.4 Å². The van der Waals surface area contributed by atoms with E-state index in [9.17, 15) is 8.42 Å². The molecule has 0 aromatic rings. The third kappa shape index (κ3) is 13.7. The lowest BCUT2D eigenvalue weighted by Gasteiger charge is -2.11. The van der Waals surface area contributed by atoms with E-state index in [0.29, 0.717) is 0 Å². The number of rotatable bonds is 3. The third-order valence-corrected chi connectivity index (χ3v) is 1.76. The highest BCUT2D eigenvalue weighted by molar-refractivity contribution is 7.80. The Morgan fingerprint density at radius 3 is 1.67 bits per heavy atom. The Morgan fingerprint density at radius 1 is 1.13 bits per heavy atom. The molecule has 92 valence electrons. The third-order valence-electron chi connectivity index (χ3n) is 1.32. The van der Waals surface area contributed by atoms with Gasteiger partial charge in [-0.05, 0) is 0 Å². The van der Waals surface area contributed by atoms with Crippen LogP contribution in [0.2, 0.25) is 0 Å². The smallest absolute Gasteiger partial charge is 0.366 e. The van der Waals surface area contributed by atoms with Crippen LogP contribution in [0.3, 0.4) is 0 Å². The van der Waals surface area contributed by atoms with E-state index in [-0.39, 0.29) is 0 Å². The zero-order valence-electron chi connectivity index (χ0n) is 8.09. The summed E-state index contributed by atoms with van der Waals surface area (Å²) in [6.07, 6.45) is -1.90. The fourth-order valence-corrected chi connectivity index (χ4v) is 1.04. The van der Waals surface area contributed by atoms with Crippen molar-refractivity contribution in [3.05, 3.63) is 0 Å². The first kappa shape index (κ1) is 14.7. The van der Waals surface area contributed by atoms with Crippen LogP contribution in [0.15, 0.2) is 0 Å². The van der Waals surface area contributed by atoms with Gasteiger partial charge in [-0.3, -0.25) is 4.55 Å². The molecule has 9 heteroatoms. The molecule has 0 radical (unpaired) electrons. The molecule has 0 aromatic carbocycles. The zero-order chi connectivity index (χ0) is 11.7. The number of hydrogen-bond acceptors (Lipinski definition) is 7. The van der Waals surface area contributed by atoms with E-state index in [0.717, 1.165) is 26.2 Å². The second-order valence-corrected chi connectivity index (χ2v) is 3.78. The minimum Gasteiger partial charge on any atom is -0.366 e. The fraction of sp³-hybridized carbons (Fsp3) is 1.00. The Kier molecular flexibility index (Phi) is 7.78. The first-order valence-corrected chi connectivity index (χ1v) is 5.68. The van der Waals surface area contributed by atoms with Gasteiger partial charge in [0, 0.05) is 26.2 Å². The number of nitrogens with one attached hydrogen (secondary N) is 2. The van der Waals surface area contributed by atoms with Gasteiger partial charge in [-0.25, -0.2) is 4.18 Å². The lowest BCUT2D eigenvalue weighted by atomic mass is 10.4. The van der Waals surface area contributed by atoms with Crippen molar-refractivity contribution in [1.29, 1.82) is 0 Å². The molecule has 1 aliphatic heterocycles. The first-order valence-electron chi connectivity index (χ1n) is 4.31. The molecule has 0 bridgehead atoms. The summed E-state index contributed by atoms with van der Waals surface area (Å²) in [4.78, 5) is 0. The van der Waals surface area contributed by atoms with Crippen LogP contribution in [-0.4, -0.2) is 62.3 Å². The minimum absolute atomic E-state index is 0.862. The quantitative estimate of drug-likeness (QED) is 0.268. The van der Waals surface area contributed by atoms with Gasteiger partial charge in [0.25, 0.3) is 0 Å². The average molecular weight is 244 g/mol. The summed E-state index contributed by atoms with van der Waals surface area (Å²) >= 11 is 0. The Bertz CT molecular complexity index is 226. The summed E-state index contributed by atoms with van der Waals surface area (Å²) in [5.41, 5.74) is 0. The van der Waals surface area contributed by atoms with Crippen LogP contribution < -0.4 is 10.6 Å². The molecule has 1 aliphatic rings. The maximum atomic E-state index is 9.65. The van der Waals surface area contributed by atoms with Crippen LogP contribution in [-0.2, 0) is 14.6 Å². The van der Waals surface area contributed by atoms with Gasteiger partial charge in [0.1, 0.15) is 6.61 Å². The van der Waals surface area contributed by atoms with E-state index in [2.05, 4.69) is 14.8 Å². The van der Waals surface area contributed by atoms with Crippen molar-refractivity contribution in [2.75, 3.05) is 32.8 Å². The van der Waals surface area contributed by atoms with Gasteiger partial charge in [-0.1, -0.05) is 0 Å². The van der Waals surface area contributed by atoms with Gasteiger partial charge < -0.3 is 20.8 Å². The lowest BCUT2D eigenvalue weighted by molar-refractivity contribution is -0.0687. The highest BCUT2D eigenvalue weighted by Crippen LogP contribution is 1.86. The predicted molar refractivity (Wildman–Crippen MR) is 51.5 cm³/mol. The zero-order valence-corrected chi connectivity index (χ0v) is 8.90. The molecule has 8 nitrogen and oxygen atoms in total. The second kappa shape index (κ2) is 7.93. The van der Waals surface area contributed by atoms with Gasteiger partial charge in [0.15, 0.2) is 6.29 Å². The summed E-state index contributed by atoms with van der Waals surface area (Å²) in [7, 11) is -4.54. The van der Waals surface area contributed by atoms with Crippen LogP contribution in [0.4, 0.5) is 0 Å². The molecule has 0 saturated carbocycles. The van der Waals surface area contributed by atoms with Crippen LogP contribution in [0.1, 0.15) is 0 Å². The molecule has 0 unspecified atom stereocenters.